The van der Waals surface area contributed by atoms with E-state index in [2.05, 4.69) is 26.1 Å². The summed E-state index contributed by atoms with van der Waals surface area (Å²) in [5.74, 6) is 1.81. The molecule has 1 amide bonds. The van der Waals surface area contributed by atoms with Gasteiger partial charge in [-0.05, 0) is 24.0 Å². The van der Waals surface area contributed by atoms with E-state index in [-0.39, 0.29) is 11.7 Å². The minimum Gasteiger partial charge on any atom is -0.394 e. The van der Waals surface area contributed by atoms with Gasteiger partial charge in [0.25, 0.3) is 0 Å². The summed E-state index contributed by atoms with van der Waals surface area (Å²) < 4.78 is 5.35. The molecule has 0 aliphatic carbocycles. The van der Waals surface area contributed by atoms with Gasteiger partial charge in [0, 0.05) is 12.3 Å². The molecule has 1 saturated heterocycles. The van der Waals surface area contributed by atoms with Crippen molar-refractivity contribution in [1.82, 2.24) is 5.32 Å². The molecule has 0 aromatic heterocycles. The van der Waals surface area contributed by atoms with Crippen LogP contribution in [0.2, 0.25) is 0 Å². The van der Waals surface area contributed by atoms with Crippen molar-refractivity contribution in [2.75, 3.05) is 30.4 Å². The van der Waals surface area contributed by atoms with E-state index in [4.69, 9.17) is 9.84 Å². The van der Waals surface area contributed by atoms with Crippen LogP contribution < -0.4 is 5.32 Å². The van der Waals surface area contributed by atoms with Crippen LogP contribution in [0, 0.1) is 5.41 Å². The smallest absolute Gasteiger partial charge is 0.230 e. The summed E-state index contributed by atoms with van der Waals surface area (Å²) in [4.78, 5) is 11.9. The van der Waals surface area contributed by atoms with Gasteiger partial charge in [0.15, 0.2) is 0 Å². The largest absolute Gasteiger partial charge is 0.394 e. The van der Waals surface area contributed by atoms with Crippen molar-refractivity contribution in [3.63, 3.8) is 0 Å². The van der Waals surface area contributed by atoms with Gasteiger partial charge >= 0.3 is 0 Å². The number of nitrogens with one attached hydrogen (secondary N) is 1. The maximum Gasteiger partial charge on any atom is 0.230 e. The van der Waals surface area contributed by atoms with Crippen LogP contribution >= 0.6 is 23.5 Å². The lowest BCUT2D eigenvalue weighted by Gasteiger charge is -2.39. The first-order chi connectivity index (χ1) is 12.2. The predicted molar refractivity (Wildman–Crippen MR) is 105 cm³/mol. The number of hydrogen-bond donors (Lipinski definition) is 5. The Balaban J connectivity index is 2.16. The van der Waals surface area contributed by atoms with Crippen molar-refractivity contribution in [2.45, 2.75) is 63.5 Å². The summed E-state index contributed by atoms with van der Waals surface area (Å²) in [6, 6.07) is 0. The van der Waals surface area contributed by atoms with Crippen molar-refractivity contribution in [3.8, 4) is 0 Å². The summed E-state index contributed by atoms with van der Waals surface area (Å²) in [5.41, 5.74) is -0.515. The van der Waals surface area contributed by atoms with E-state index in [0.29, 0.717) is 12.0 Å². The van der Waals surface area contributed by atoms with Crippen molar-refractivity contribution < 1.29 is 30.0 Å². The zero-order valence-corrected chi connectivity index (χ0v) is 17.4. The number of carbonyl (C=O) groups is 1. The van der Waals surface area contributed by atoms with E-state index in [9.17, 15) is 20.1 Å². The average Bonchev–Trinajstić information content (AvgIpc) is 2.57. The first-order valence-electron chi connectivity index (χ1n) is 8.92. The Kier molecular flexibility index (Phi) is 10.8. The van der Waals surface area contributed by atoms with Gasteiger partial charge in [-0.3, -0.25) is 4.79 Å². The monoisotopic (exact) mass is 411 g/mol. The maximum atomic E-state index is 11.9. The molecule has 26 heavy (non-hydrogen) atoms. The maximum absolute atomic E-state index is 11.9. The van der Waals surface area contributed by atoms with Gasteiger partial charge < -0.3 is 30.5 Å². The van der Waals surface area contributed by atoms with Gasteiger partial charge in [-0.25, -0.2) is 0 Å². The normalized spacial score (nSPS) is 29.6. The molecule has 0 bridgehead atoms. The molecular formula is C17H33NO6S2. The highest BCUT2D eigenvalue weighted by Gasteiger charge is 2.43. The van der Waals surface area contributed by atoms with Gasteiger partial charge in [0.05, 0.1) is 12.4 Å². The van der Waals surface area contributed by atoms with Crippen molar-refractivity contribution in [2.24, 2.45) is 5.41 Å². The Morgan fingerprint density at radius 3 is 2.42 bits per heavy atom. The molecule has 1 fully saturated rings. The van der Waals surface area contributed by atoms with Gasteiger partial charge in [0.1, 0.15) is 29.9 Å². The molecule has 0 aromatic rings. The van der Waals surface area contributed by atoms with E-state index in [1.807, 2.05) is 11.8 Å². The second-order valence-electron chi connectivity index (χ2n) is 7.63. The van der Waals surface area contributed by atoms with Gasteiger partial charge in [-0.2, -0.15) is 11.8 Å². The van der Waals surface area contributed by atoms with Gasteiger partial charge in [0.2, 0.25) is 5.91 Å². The molecule has 5 atom stereocenters. The summed E-state index contributed by atoms with van der Waals surface area (Å²) in [7, 11) is 0. The molecule has 0 aromatic carbocycles. The molecule has 154 valence electrons. The third-order valence-electron chi connectivity index (χ3n) is 4.01. The number of hydrogen-bond acceptors (Lipinski definition) is 8. The molecule has 0 spiro atoms. The van der Waals surface area contributed by atoms with Crippen LogP contribution in [0.15, 0.2) is 0 Å². The molecular weight excluding hydrogens is 378 g/mol. The zero-order valence-electron chi connectivity index (χ0n) is 15.8. The minimum absolute atomic E-state index is 0.0668. The van der Waals surface area contributed by atoms with E-state index in [1.54, 1.807) is 0 Å². The topological polar surface area (TPSA) is 119 Å². The highest BCUT2D eigenvalue weighted by molar-refractivity contribution is 8.00. The number of aliphatic hydroxyl groups excluding tert-OH is 4. The lowest BCUT2D eigenvalue weighted by molar-refractivity contribution is -0.205. The second kappa shape index (κ2) is 11.7. The third kappa shape index (κ3) is 8.77. The molecule has 0 saturated carbocycles. The molecule has 1 heterocycles. The van der Waals surface area contributed by atoms with E-state index >= 15 is 0 Å². The van der Waals surface area contributed by atoms with E-state index in [1.165, 1.54) is 6.42 Å². The Bertz CT molecular complexity index is 419. The molecule has 5 unspecified atom stereocenters. The lowest BCUT2D eigenvalue weighted by atomic mass is 9.91. The minimum atomic E-state index is -1.41. The first kappa shape index (κ1) is 24.0. The highest BCUT2D eigenvalue weighted by atomic mass is 32.2. The molecule has 9 heteroatoms. The summed E-state index contributed by atoms with van der Waals surface area (Å²) in [6.45, 7) is 6.79. The highest BCUT2D eigenvalue weighted by Crippen LogP contribution is 2.28. The number of thioether (sulfide) groups is 2. The molecule has 7 nitrogen and oxygen atoms in total. The Hall–Kier alpha value is -0.0300. The number of amides is 1. The van der Waals surface area contributed by atoms with Crippen LogP contribution in [0.5, 0.6) is 0 Å². The quantitative estimate of drug-likeness (QED) is 0.323. The first-order valence-corrected chi connectivity index (χ1v) is 11.1. The van der Waals surface area contributed by atoms with Crippen molar-refractivity contribution in [1.29, 1.82) is 0 Å². The van der Waals surface area contributed by atoms with Gasteiger partial charge in [-0.1, -0.05) is 20.8 Å². The lowest BCUT2D eigenvalue weighted by Crippen LogP contribution is -2.57. The number of rotatable bonds is 10. The molecule has 1 rings (SSSR count). The molecule has 1 aliphatic heterocycles. The van der Waals surface area contributed by atoms with Gasteiger partial charge in [-0.15, -0.1) is 11.8 Å². The van der Waals surface area contributed by atoms with Crippen LogP contribution in [0.3, 0.4) is 0 Å². The molecule has 5 N–H and O–H groups in total. The van der Waals surface area contributed by atoms with Crippen LogP contribution in [0.1, 0.15) is 33.6 Å². The second-order valence-corrected chi connectivity index (χ2v) is 9.95. The summed E-state index contributed by atoms with van der Waals surface area (Å²) in [6.07, 6.45) is -2.71. The SMILES string of the molecule is CC(C)(C)CCCSCCNC(=O)CSC1OC(CO)C(O)C(O)C1O. The Morgan fingerprint density at radius 1 is 1.12 bits per heavy atom. The fourth-order valence-electron chi connectivity index (χ4n) is 2.48. The van der Waals surface area contributed by atoms with E-state index in [0.717, 1.165) is 29.7 Å². The van der Waals surface area contributed by atoms with Crippen LogP contribution in [-0.2, 0) is 9.53 Å². The number of aliphatic hydroxyl groups is 4. The van der Waals surface area contributed by atoms with Crippen LogP contribution in [-0.4, -0.2) is 86.6 Å². The zero-order chi connectivity index (χ0) is 19.7. The number of carbonyl (C=O) groups excluding carboxylic acids is 1. The molecule has 1 aliphatic rings. The van der Waals surface area contributed by atoms with E-state index < -0.39 is 36.5 Å². The standard InChI is InChI=1S/C17H33NO6S2/c1-17(2,3)5-4-7-25-8-6-18-12(20)10-26-16-15(23)14(22)13(21)11(9-19)24-16/h11,13-16,19,21-23H,4-10H2,1-3H3,(H,18,20). The van der Waals surface area contributed by atoms with Crippen LogP contribution in [0.25, 0.3) is 0 Å². The van der Waals surface area contributed by atoms with Crippen molar-refractivity contribution in [3.05, 3.63) is 0 Å². The summed E-state index contributed by atoms with van der Waals surface area (Å²) >= 11 is 2.85. The third-order valence-corrected chi connectivity index (χ3v) is 6.23. The number of ether oxygens (including phenoxy) is 1. The Labute approximate surface area is 164 Å². The summed E-state index contributed by atoms with van der Waals surface area (Å²) in [5, 5.41) is 41.3. The van der Waals surface area contributed by atoms with Crippen LogP contribution in [0.4, 0.5) is 0 Å². The fraction of sp³-hybridized carbons (Fsp3) is 0.941. The fourth-order valence-corrected chi connectivity index (χ4v) is 4.28. The van der Waals surface area contributed by atoms with Crippen molar-refractivity contribution >= 4 is 29.4 Å². The molecule has 0 radical (unpaired) electrons. The average molecular weight is 412 g/mol. The Morgan fingerprint density at radius 2 is 1.81 bits per heavy atom. The predicted octanol–water partition coefficient (Wildman–Crippen LogP) is 0.195.